The second-order valence-electron chi connectivity index (χ2n) is 4.41. The van der Waals surface area contributed by atoms with E-state index in [-0.39, 0.29) is 5.69 Å². The summed E-state index contributed by atoms with van der Waals surface area (Å²) in [7, 11) is 0. The quantitative estimate of drug-likeness (QED) is 0.376. The van der Waals surface area contributed by atoms with E-state index in [4.69, 9.17) is 5.73 Å². The highest BCUT2D eigenvalue weighted by molar-refractivity contribution is 9.10. The van der Waals surface area contributed by atoms with Crippen LogP contribution in [0.4, 0.5) is 17.1 Å². The topological polar surface area (TPSA) is 98.3 Å². The number of carbonyl (C=O) groups is 1. The Morgan fingerprint density at radius 3 is 2.55 bits per heavy atom. The first-order chi connectivity index (χ1) is 10.5. The predicted molar refractivity (Wildman–Crippen MR) is 89.3 cm³/mol. The van der Waals surface area contributed by atoms with Crippen molar-refractivity contribution in [1.82, 2.24) is 0 Å². The third-order valence-electron chi connectivity index (χ3n) is 2.78. The Balaban J connectivity index is 2.10. The lowest BCUT2D eigenvalue weighted by molar-refractivity contribution is -0.384. The van der Waals surface area contributed by atoms with Gasteiger partial charge in [0.2, 0.25) is 5.91 Å². The van der Waals surface area contributed by atoms with Crippen molar-refractivity contribution in [3.8, 4) is 0 Å². The molecule has 0 spiro atoms. The fraction of sp³-hybridized carbons (Fsp3) is 0. The van der Waals surface area contributed by atoms with Crippen LogP contribution in [0.1, 0.15) is 5.56 Å². The zero-order chi connectivity index (χ0) is 16.1. The molecule has 0 aliphatic heterocycles. The molecule has 22 heavy (non-hydrogen) atoms. The number of non-ortho nitro benzene ring substituents is 1. The van der Waals surface area contributed by atoms with Crippen LogP contribution >= 0.6 is 15.9 Å². The number of nitrogens with one attached hydrogen (secondary N) is 1. The van der Waals surface area contributed by atoms with E-state index in [9.17, 15) is 14.9 Å². The monoisotopic (exact) mass is 361 g/mol. The molecule has 6 nitrogen and oxygen atoms in total. The van der Waals surface area contributed by atoms with Crippen molar-refractivity contribution in [2.45, 2.75) is 0 Å². The first kappa shape index (κ1) is 15.7. The number of benzene rings is 2. The molecule has 0 heterocycles. The van der Waals surface area contributed by atoms with Crippen molar-refractivity contribution in [3.05, 3.63) is 68.7 Å². The Morgan fingerprint density at radius 2 is 1.91 bits per heavy atom. The predicted octanol–water partition coefficient (Wildman–Crippen LogP) is 3.59. The van der Waals surface area contributed by atoms with Gasteiger partial charge >= 0.3 is 0 Å². The van der Waals surface area contributed by atoms with Gasteiger partial charge in [-0.3, -0.25) is 14.9 Å². The summed E-state index contributed by atoms with van der Waals surface area (Å²) in [5.74, 6) is -0.391. The molecule has 0 aliphatic rings. The summed E-state index contributed by atoms with van der Waals surface area (Å²) in [6.45, 7) is 0. The SMILES string of the molecule is Nc1ccc(/C=C/C(=O)Nc2cc([N+](=O)[O-])ccc2Br)cc1. The number of halogens is 1. The lowest BCUT2D eigenvalue weighted by atomic mass is 10.2. The second kappa shape index (κ2) is 6.86. The Hall–Kier alpha value is -2.67. The van der Waals surface area contributed by atoms with E-state index in [1.165, 1.54) is 24.3 Å². The van der Waals surface area contributed by atoms with Crippen LogP contribution in [0.15, 0.2) is 53.0 Å². The largest absolute Gasteiger partial charge is 0.399 e. The molecule has 0 atom stereocenters. The Morgan fingerprint density at radius 1 is 1.23 bits per heavy atom. The maximum Gasteiger partial charge on any atom is 0.271 e. The van der Waals surface area contributed by atoms with Crippen molar-refractivity contribution in [1.29, 1.82) is 0 Å². The van der Waals surface area contributed by atoms with Crippen LogP contribution in [-0.4, -0.2) is 10.8 Å². The fourth-order valence-corrected chi connectivity index (χ4v) is 2.02. The average Bonchev–Trinajstić information content (AvgIpc) is 2.48. The highest BCUT2D eigenvalue weighted by atomic mass is 79.9. The van der Waals surface area contributed by atoms with E-state index >= 15 is 0 Å². The normalized spacial score (nSPS) is 10.6. The highest BCUT2D eigenvalue weighted by Crippen LogP contribution is 2.27. The lowest BCUT2D eigenvalue weighted by Gasteiger charge is -2.04. The molecular weight excluding hydrogens is 350 g/mol. The molecule has 112 valence electrons. The summed E-state index contributed by atoms with van der Waals surface area (Å²) in [5.41, 5.74) is 7.28. The number of hydrogen-bond acceptors (Lipinski definition) is 4. The van der Waals surface area contributed by atoms with Gasteiger partial charge in [0.15, 0.2) is 0 Å². The number of nitrogen functional groups attached to an aromatic ring is 1. The number of amides is 1. The van der Waals surface area contributed by atoms with Gasteiger partial charge in [-0.1, -0.05) is 12.1 Å². The van der Waals surface area contributed by atoms with Crippen molar-refractivity contribution < 1.29 is 9.72 Å². The van der Waals surface area contributed by atoms with E-state index in [0.717, 1.165) is 5.56 Å². The smallest absolute Gasteiger partial charge is 0.271 e. The number of anilines is 2. The minimum Gasteiger partial charge on any atom is -0.399 e. The van der Waals surface area contributed by atoms with Crippen molar-refractivity contribution in [2.24, 2.45) is 0 Å². The summed E-state index contributed by atoms with van der Waals surface area (Å²) in [5, 5.41) is 13.3. The van der Waals surface area contributed by atoms with E-state index in [1.54, 1.807) is 30.3 Å². The van der Waals surface area contributed by atoms with Crippen molar-refractivity contribution in [3.63, 3.8) is 0 Å². The molecule has 0 radical (unpaired) electrons. The molecule has 0 saturated heterocycles. The molecule has 0 aromatic heterocycles. The second-order valence-corrected chi connectivity index (χ2v) is 5.26. The standard InChI is InChI=1S/C15H12BrN3O3/c16-13-7-6-12(19(21)22)9-14(13)18-15(20)8-3-10-1-4-11(17)5-2-10/h1-9H,17H2,(H,18,20)/b8-3+. The number of carbonyl (C=O) groups excluding carboxylic acids is 1. The van der Waals surface area contributed by atoms with E-state index in [1.807, 2.05) is 0 Å². The zero-order valence-corrected chi connectivity index (χ0v) is 12.9. The molecule has 1 amide bonds. The number of rotatable bonds is 4. The van der Waals surface area contributed by atoms with Crippen LogP contribution in [0.5, 0.6) is 0 Å². The fourth-order valence-electron chi connectivity index (χ4n) is 1.68. The summed E-state index contributed by atoms with van der Waals surface area (Å²) >= 11 is 3.24. The zero-order valence-electron chi connectivity index (χ0n) is 11.3. The summed E-state index contributed by atoms with van der Waals surface area (Å²) in [6.07, 6.45) is 2.97. The first-order valence-corrected chi connectivity index (χ1v) is 7.03. The van der Waals surface area contributed by atoms with E-state index < -0.39 is 10.8 Å². The third kappa shape index (κ3) is 4.16. The number of nitro benzene ring substituents is 1. The number of nitrogens with two attached hydrogens (primary N) is 1. The molecule has 0 unspecified atom stereocenters. The summed E-state index contributed by atoms with van der Waals surface area (Å²) < 4.78 is 0.562. The van der Waals surface area contributed by atoms with Gasteiger partial charge in [0, 0.05) is 28.4 Å². The number of nitrogens with zero attached hydrogens (tertiary/aromatic N) is 1. The van der Waals surface area contributed by atoms with Crippen molar-refractivity contribution in [2.75, 3.05) is 11.1 Å². The molecule has 0 aliphatic carbocycles. The molecule has 2 aromatic rings. The molecule has 0 bridgehead atoms. The van der Waals surface area contributed by atoms with Crippen LogP contribution < -0.4 is 11.1 Å². The van der Waals surface area contributed by atoms with Crippen LogP contribution in [0.2, 0.25) is 0 Å². The maximum atomic E-state index is 11.9. The Labute approximate surface area is 134 Å². The Kier molecular flexibility index (Phi) is 4.90. The molecular formula is C15H12BrN3O3. The summed E-state index contributed by atoms with van der Waals surface area (Å²) in [4.78, 5) is 22.1. The van der Waals surface area contributed by atoms with Crippen LogP contribution in [0.3, 0.4) is 0 Å². The minimum atomic E-state index is -0.522. The first-order valence-electron chi connectivity index (χ1n) is 6.24. The van der Waals surface area contributed by atoms with Gasteiger partial charge in [0.25, 0.3) is 5.69 Å². The molecule has 2 rings (SSSR count). The van der Waals surface area contributed by atoms with Crippen LogP contribution in [0.25, 0.3) is 6.08 Å². The average molecular weight is 362 g/mol. The van der Waals surface area contributed by atoms with E-state index in [0.29, 0.717) is 15.8 Å². The van der Waals surface area contributed by atoms with Gasteiger partial charge in [0.1, 0.15) is 0 Å². The Bertz CT molecular complexity index is 742. The lowest BCUT2D eigenvalue weighted by Crippen LogP contribution is -2.08. The minimum absolute atomic E-state index is 0.0963. The highest BCUT2D eigenvalue weighted by Gasteiger charge is 2.10. The van der Waals surface area contributed by atoms with Crippen LogP contribution in [-0.2, 0) is 4.79 Å². The van der Waals surface area contributed by atoms with Crippen molar-refractivity contribution >= 4 is 45.0 Å². The third-order valence-corrected chi connectivity index (χ3v) is 3.47. The molecule has 7 heteroatoms. The maximum absolute atomic E-state index is 11.9. The molecule has 3 N–H and O–H groups in total. The van der Waals surface area contributed by atoms with Gasteiger partial charge in [-0.2, -0.15) is 0 Å². The molecule has 2 aromatic carbocycles. The van der Waals surface area contributed by atoms with Gasteiger partial charge in [-0.15, -0.1) is 0 Å². The molecule has 0 saturated carbocycles. The van der Waals surface area contributed by atoms with E-state index in [2.05, 4.69) is 21.2 Å². The van der Waals surface area contributed by atoms with Gasteiger partial charge in [-0.25, -0.2) is 0 Å². The number of nitro groups is 1. The van der Waals surface area contributed by atoms with Gasteiger partial charge < -0.3 is 11.1 Å². The van der Waals surface area contributed by atoms with Crippen LogP contribution in [0, 0.1) is 10.1 Å². The van der Waals surface area contributed by atoms with Gasteiger partial charge in [-0.05, 0) is 45.8 Å². The van der Waals surface area contributed by atoms with Gasteiger partial charge in [0.05, 0.1) is 10.6 Å². The molecule has 0 fully saturated rings. The number of hydrogen-bond donors (Lipinski definition) is 2. The summed E-state index contributed by atoms with van der Waals surface area (Å²) in [6, 6.07) is 11.2.